The number of halogens is 3. The molecule has 3 aromatic heterocycles. The van der Waals surface area contributed by atoms with Gasteiger partial charge in [-0.1, -0.05) is 12.1 Å². The van der Waals surface area contributed by atoms with Crippen LogP contribution in [0, 0.1) is 0 Å². The van der Waals surface area contributed by atoms with Gasteiger partial charge in [-0.05, 0) is 29.6 Å². The second kappa shape index (κ2) is 7.59. The Kier molecular flexibility index (Phi) is 4.97. The number of fused-ring (bicyclic) bond motifs is 1. The first-order valence-corrected chi connectivity index (χ1v) is 9.42. The van der Waals surface area contributed by atoms with Crippen molar-refractivity contribution in [3.63, 3.8) is 0 Å². The molecule has 3 N–H and O–H groups in total. The third-order valence-corrected chi connectivity index (χ3v) is 4.93. The fraction of sp³-hybridized carbons (Fsp3) is 0.167. The maximum absolute atomic E-state index is 12.8. The predicted octanol–water partition coefficient (Wildman–Crippen LogP) is 3.72. The van der Waals surface area contributed by atoms with Crippen LogP contribution < -0.4 is 16.2 Å². The maximum Gasteiger partial charge on any atom is 0.416 e. The molecule has 0 fully saturated rings. The van der Waals surface area contributed by atoms with E-state index in [4.69, 9.17) is 0 Å². The Morgan fingerprint density at radius 3 is 2.69 bits per heavy atom. The topological polar surface area (TPSA) is 87.1 Å². The van der Waals surface area contributed by atoms with E-state index in [2.05, 4.69) is 25.7 Å². The molecule has 0 unspecified atom stereocenters. The highest BCUT2D eigenvalue weighted by Gasteiger charge is 2.30. The summed E-state index contributed by atoms with van der Waals surface area (Å²) in [5.74, 6) is 0.568. The van der Waals surface area contributed by atoms with Gasteiger partial charge in [0.25, 0.3) is 11.3 Å². The molecule has 0 spiro atoms. The molecule has 11 heteroatoms. The first kappa shape index (κ1) is 19.0. The van der Waals surface area contributed by atoms with E-state index in [0.29, 0.717) is 18.2 Å². The average Bonchev–Trinajstić information content (AvgIpc) is 3.34. The number of H-pyrrole nitrogens is 1. The molecule has 0 saturated heterocycles. The number of nitrogens with one attached hydrogen (secondary N) is 3. The zero-order valence-corrected chi connectivity index (χ0v) is 15.6. The van der Waals surface area contributed by atoms with Gasteiger partial charge in [0.1, 0.15) is 0 Å². The van der Waals surface area contributed by atoms with E-state index in [9.17, 15) is 18.0 Å². The van der Waals surface area contributed by atoms with E-state index in [-0.39, 0.29) is 23.6 Å². The molecule has 0 aliphatic carbocycles. The quantitative estimate of drug-likeness (QED) is 0.443. The minimum atomic E-state index is -4.42. The van der Waals surface area contributed by atoms with Crippen molar-refractivity contribution in [2.45, 2.75) is 19.3 Å². The summed E-state index contributed by atoms with van der Waals surface area (Å²) in [6, 6.07) is 10.0. The van der Waals surface area contributed by atoms with Gasteiger partial charge in [0.2, 0.25) is 5.95 Å². The zero-order chi connectivity index (χ0) is 20.4. The Morgan fingerprint density at radius 1 is 1.07 bits per heavy atom. The Balaban J connectivity index is 1.49. The molecule has 29 heavy (non-hydrogen) atoms. The lowest BCUT2D eigenvalue weighted by atomic mass is 10.2. The molecule has 0 aliphatic rings. The highest BCUT2D eigenvalue weighted by Crippen LogP contribution is 2.30. The lowest BCUT2D eigenvalue weighted by Gasteiger charge is -2.10. The minimum absolute atomic E-state index is 0.0812. The van der Waals surface area contributed by atoms with Gasteiger partial charge in [0.05, 0.1) is 24.3 Å². The summed E-state index contributed by atoms with van der Waals surface area (Å²) >= 11 is 1.59. The van der Waals surface area contributed by atoms with Gasteiger partial charge in [-0.15, -0.1) is 11.3 Å². The zero-order valence-electron chi connectivity index (χ0n) is 14.8. The summed E-state index contributed by atoms with van der Waals surface area (Å²) in [7, 11) is 0. The van der Waals surface area contributed by atoms with Crippen LogP contribution in [0.25, 0.3) is 5.78 Å². The number of aromatic nitrogens is 4. The normalized spacial score (nSPS) is 11.7. The number of nitrogens with zero attached hydrogens (tertiary/aromatic N) is 3. The van der Waals surface area contributed by atoms with Crippen molar-refractivity contribution in [2.24, 2.45) is 0 Å². The molecule has 4 rings (SSSR count). The van der Waals surface area contributed by atoms with Crippen molar-refractivity contribution in [1.29, 1.82) is 0 Å². The molecule has 0 bridgehead atoms. The molecule has 3 heterocycles. The summed E-state index contributed by atoms with van der Waals surface area (Å²) < 4.78 is 39.6. The lowest BCUT2D eigenvalue weighted by molar-refractivity contribution is -0.137. The van der Waals surface area contributed by atoms with Crippen molar-refractivity contribution in [2.75, 3.05) is 10.6 Å². The Labute approximate surface area is 166 Å². The number of hydrogen-bond acceptors (Lipinski definition) is 6. The first-order chi connectivity index (χ1) is 13.9. The monoisotopic (exact) mass is 420 g/mol. The van der Waals surface area contributed by atoms with Crippen LogP contribution in [0.15, 0.2) is 52.6 Å². The number of rotatable bonds is 6. The standard InChI is InChI=1S/C18H15F3N6OS/c19-18(20,21)11-3-1-4-12(7-11)22-9-13-8-15(28)27-17(24-13)25-16(26-27)23-10-14-5-2-6-29-14/h1-8,22H,9-10H2,(H2,23,24,25,26). The lowest BCUT2D eigenvalue weighted by Crippen LogP contribution is -2.17. The fourth-order valence-electron chi connectivity index (χ4n) is 2.68. The maximum atomic E-state index is 12.8. The third-order valence-electron chi connectivity index (χ3n) is 4.06. The van der Waals surface area contributed by atoms with Crippen LogP contribution in [0.1, 0.15) is 16.1 Å². The molecular weight excluding hydrogens is 405 g/mol. The molecule has 0 aliphatic heterocycles. The van der Waals surface area contributed by atoms with Crippen LogP contribution in [-0.2, 0) is 19.3 Å². The summed E-state index contributed by atoms with van der Waals surface area (Å²) in [5.41, 5.74) is -0.474. The van der Waals surface area contributed by atoms with Crippen molar-refractivity contribution >= 4 is 28.8 Å². The van der Waals surface area contributed by atoms with Gasteiger partial charge in [-0.2, -0.15) is 22.7 Å². The van der Waals surface area contributed by atoms with Crippen LogP contribution in [0.2, 0.25) is 0 Å². The summed E-state index contributed by atoms with van der Waals surface area (Å²) in [6.07, 6.45) is -4.42. The van der Waals surface area contributed by atoms with Gasteiger partial charge < -0.3 is 10.6 Å². The summed E-state index contributed by atoms with van der Waals surface area (Å²) in [6.45, 7) is 0.633. The molecule has 4 aromatic rings. The van der Waals surface area contributed by atoms with E-state index in [1.807, 2.05) is 17.5 Å². The van der Waals surface area contributed by atoms with E-state index >= 15 is 0 Å². The summed E-state index contributed by atoms with van der Waals surface area (Å²) in [5, 5.41) is 10.7. The fourth-order valence-corrected chi connectivity index (χ4v) is 3.32. The van der Waals surface area contributed by atoms with Crippen molar-refractivity contribution in [3.8, 4) is 0 Å². The summed E-state index contributed by atoms with van der Waals surface area (Å²) in [4.78, 5) is 21.9. The number of thiophene rings is 1. The smallest absolute Gasteiger partial charge is 0.379 e. The van der Waals surface area contributed by atoms with Crippen LogP contribution in [0.3, 0.4) is 0 Å². The molecule has 1 aromatic carbocycles. The predicted molar refractivity (Wildman–Crippen MR) is 104 cm³/mol. The van der Waals surface area contributed by atoms with Gasteiger partial charge >= 0.3 is 6.18 Å². The minimum Gasteiger partial charge on any atom is -0.379 e. The SMILES string of the molecule is O=c1cc(CNc2cccc(C(F)(F)F)c2)nc2nc(NCc3cccs3)[nH]n12. The van der Waals surface area contributed by atoms with Gasteiger partial charge in [-0.25, -0.2) is 4.98 Å². The van der Waals surface area contributed by atoms with Crippen LogP contribution in [0.4, 0.5) is 24.8 Å². The molecule has 7 nitrogen and oxygen atoms in total. The molecule has 0 radical (unpaired) electrons. The number of alkyl halides is 3. The number of hydrogen-bond donors (Lipinski definition) is 3. The van der Waals surface area contributed by atoms with Crippen molar-refractivity contribution < 1.29 is 13.2 Å². The van der Waals surface area contributed by atoms with Gasteiger partial charge in [-0.3, -0.25) is 9.89 Å². The molecular formula is C18H15F3N6OS. The second-order valence-electron chi connectivity index (χ2n) is 6.16. The highest BCUT2D eigenvalue weighted by molar-refractivity contribution is 7.09. The average molecular weight is 420 g/mol. The van der Waals surface area contributed by atoms with Crippen LogP contribution in [-0.4, -0.2) is 19.6 Å². The van der Waals surface area contributed by atoms with Crippen molar-refractivity contribution in [1.82, 2.24) is 19.6 Å². The van der Waals surface area contributed by atoms with E-state index in [0.717, 1.165) is 17.0 Å². The molecule has 150 valence electrons. The largest absolute Gasteiger partial charge is 0.416 e. The second-order valence-corrected chi connectivity index (χ2v) is 7.19. The van der Waals surface area contributed by atoms with E-state index in [1.54, 1.807) is 11.3 Å². The number of anilines is 2. The third kappa shape index (κ3) is 4.40. The van der Waals surface area contributed by atoms with Gasteiger partial charge in [0.15, 0.2) is 0 Å². The molecule has 0 atom stereocenters. The number of aromatic amines is 1. The highest BCUT2D eigenvalue weighted by atomic mass is 32.1. The Hall–Kier alpha value is -3.34. The Bertz CT molecular complexity index is 1180. The molecule has 0 saturated carbocycles. The van der Waals surface area contributed by atoms with Crippen LogP contribution >= 0.6 is 11.3 Å². The molecule has 0 amide bonds. The van der Waals surface area contributed by atoms with Crippen molar-refractivity contribution in [3.05, 3.63) is 74.3 Å². The van der Waals surface area contributed by atoms with Crippen LogP contribution in [0.5, 0.6) is 0 Å². The van der Waals surface area contributed by atoms with Gasteiger partial charge in [0, 0.05) is 16.6 Å². The van der Waals surface area contributed by atoms with E-state index < -0.39 is 11.7 Å². The Morgan fingerprint density at radius 2 is 1.93 bits per heavy atom. The van der Waals surface area contributed by atoms with E-state index in [1.165, 1.54) is 22.7 Å². The first-order valence-electron chi connectivity index (χ1n) is 8.54. The number of benzene rings is 1.